The first kappa shape index (κ1) is 12.2. The van der Waals surface area contributed by atoms with E-state index in [0.29, 0.717) is 11.1 Å². The smallest absolute Gasteiger partial charge is 0.323 e. The van der Waals surface area contributed by atoms with Crippen molar-refractivity contribution in [3.8, 4) is 6.07 Å². The molecule has 0 aliphatic carbocycles. The number of carboxylic acids is 1. The number of hydrogen-bond acceptors (Lipinski definition) is 3. The van der Waals surface area contributed by atoms with Gasteiger partial charge in [-0.1, -0.05) is 36.4 Å². The van der Waals surface area contributed by atoms with Crippen molar-refractivity contribution in [2.45, 2.75) is 6.04 Å². The molecule has 1 atom stereocenters. The SMILES string of the molecule is N#CC1c2ccc3ccccc3c2C(=O)N1CC(=O)O. The van der Waals surface area contributed by atoms with E-state index in [9.17, 15) is 14.9 Å². The minimum atomic E-state index is -1.13. The number of nitrogens with zero attached hydrogens (tertiary/aromatic N) is 2. The molecule has 2 aromatic carbocycles. The number of benzene rings is 2. The van der Waals surface area contributed by atoms with Gasteiger partial charge in [-0.3, -0.25) is 9.59 Å². The highest BCUT2D eigenvalue weighted by Gasteiger charge is 2.38. The number of rotatable bonds is 2. The fourth-order valence-corrected chi connectivity index (χ4v) is 2.63. The Morgan fingerprint density at radius 1 is 1.30 bits per heavy atom. The van der Waals surface area contributed by atoms with Crippen LogP contribution in [0.1, 0.15) is 22.0 Å². The van der Waals surface area contributed by atoms with Crippen LogP contribution in [0.25, 0.3) is 10.8 Å². The largest absolute Gasteiger partial charge is 0.480 e. The van der Waals surface area contributed by atoms with Gasteiger partial charge in [0.25, 0.3) is 5.91 Å². The van der Waals surface area contributed by atoms with Crippen LogP contribution in [0.4, 0.5) is 0 Å². The third-order valence-electron chi connectivity index (χ3n) is 3.47. The van der Waals surface area contributed by atoms with Crippen LogP contribution >= 0.6 is 0 Å². The predicted molar refractivity (Wildman–Crippen MR) is 71.0 cm³/mol. The molecule has 98 valence electrons. The number of fused-ring (bicyclic) bond motifs is 3. The van der Waals surface area contributed by atoms with E-state index in [-0.39, 0.29) is 0 Å². The van der Waals surface area contributed by atoms with E-state index in [1.54, 1.807) is 6.07 Å². The van der Waals surface area contributed by atoms with Crippen molar-refractivity contribution in [3.63, 3.8) is 0 Å². The number of carbonyl (C=O) groups is 2. The van der Waals surface area contributed by atoms with Crippen LogP contribution in [0.5, 0.6) is 0 Å². The summed E-state index contributed by atoms with van der Waals surface area (Å²) in [7, 11) is 0. The van der Waals surface area contributed by atoms with E-state index in [1.807, 2.05) is 36.4 Å². The Bertz CT molecular complexity index is 776. The lowest BCUT2D eigenvalue weighted by Gasteiger charge is -2.16. The second kappa shape index (κ2) is 4.35. The second-order valence-electron chi connectivity index (χ2n) is 4.61. The van der Waals surface area contributed by atoms with Crippen LogP contribution < -0.4 is 0 Å². The summed E-state index contributed by atoms with van der Waals surface area (Å²) in [6.07, 6.45) is 0. The maximum absolute atomic E-state index is 12.4. The van der Waals surface area contributed by atoms with Crippen molar-refractivity contribution in [3.05, 3.63) is 47.5 Å². The molecule has 3 rings (SSSR count). The summed E-state index contributed by atoms with van der Waals surface area (Å²) in [6, 6.07) is 12.1. The van der Waals surface area contributed by atoms with Gasteiger partial charge in [0.05, 0.1) is 11.6 Å². The van der Waals surface area contributed by atoms with Crippen molar-refractivity contribution in [1.29, 1.82) is 5.26 Å². The average molecular weight is 266 g/mol. The summed E-state index contributed by atoms with van der Waals surface area (Å²) in [5, 5.41) is 19.8. The van der Waals surface area contributed by atoms with Crippen LogP contribution in [-0.2, 0) is 4.79 Å². The molecule has 1 aliphatic heterocycles. The van der Waals surface area contributed by atoms with Crippen LogP contribution in [0.3, 0.4) is 0 Å². The van der Waals surface area contributed by atoms with Crippen LogP contribution in [0.15, 0.2) is 36.4 Å². The minimum absolute atomic E-state index is 0.397. The van der Waals surface area contributed by atoms with E-state index in [2.05, 4.69) is 0 Å². The summed E-state index contributed by atoms with van der Waals surface area (Å²) in [6.45, 7) is -0.472. The van der Waals surface area contributed by atoms with Crippen molar-refractivity contribution in [2.24, 2.45) is 0 Å². The lowest BCUT2D eigenvalue weighted by molar-refractivity contribution is -0.137. The van der Waals surface area contributed by atoms with Crippen molar-refractivity contribution in [1.82, 2.24) is 4.90 Å². The first-order valence-corrected chi connectivity index (χ1v) is 6.07. The molecule has 1 heterocycles. The van der Waals surface area contributed by atoms with Gasteiger partial charge >= 0.3 is 5.97 Å². The number of carboxylic acid groups (broad SMARTS) is 1. The second-order valence-corrected chi connectivity index (χ2v) is 4.61. The van der Waals surface area contributed by atoms with Gasteiger partial charge in [0.15, 0.2) is 0 Å². The molecule has 2 aromatic rings. The van der Waals surface area contributed by atoms with Gasteiger partial charge in [0.2, 0.25) is 0 Å². The van der Waals surface area contributed by atoms with Gasteiger partial charge in [-0.25, -0.2) is 0 Å². The topological polar surface area (TPSA) is 81.4 Å². The van der Waals surface area contributed by atoms with E-state index in [1.165, 1.54) is 0 Å². The molecule has 20 heavy (non-hydrogen) atoms. The molecule has 0 fully saturated rings. The van der Waals surface area contributed by atoms with Gasteiger partial charge in [-0.05, 0) is 10.8 Å². The van der Waals surface area contributed by atoms with Gasteiger partial charge in [-0.2, -0.15) is 5.26 Å². The number of hydrogen-bond donors (Lipinski definition) is 1. The Morgan fingerprint density at radius 3 is 2.75 bits per heavy atom. The Kier molecular flexibility index (Phi) is 2.65. The average Bonchev–Trinajstić information content (AvgIpc) is 2.71. The maximum Gasteiger partial charge on any atom is 0.323 e. The first-order chi connectivity index (χ1) is 9.63. The summed E-state index contributed by atoms with van der Waals surface area (Å²) in [5.74, 6) is -1.53. The molecule has 1 unspecified atom stereocenters. The highest BCUT2D eigenvalue weighted by atomic mass is 16.4. The van der Waals surface area contributed by atoms with Gasteiger partial charge in [0.1, 0.15) is 12.6 Å². The van der Waals surface area contributed by atoms with Crippen molar-refractivity contribution >= 4 is 22.6 Å². The van der Waals surface area contributed by atoms with Gasteiger partial charge < -0.3 is 10.0 Å². The quantitative estimate of drug-likeness (QED) is 0.900. The van der Waals surface area contributed by atoms with E-state index < -0.39 is 24.5 Å². The molecule has 5 heteroatoms. The lowest BCUT2D eigenvalue weighted by Crippen LogP contribution is -2.32. The maximum atomic E-state index is 12.4. The van der Waals surface area contributed by atoms with E-state index >= 15 is 0 Å². The number of carbonyl (C=O) groups excluding carboxylic acids is 1. The molecule has 0 bridgehead atoms. The highest BCUT2D eigenvalue weighted by Crippen LogP contribution is 2.37. The monoisotopic (exact) mass is 266 g/mol. The molecule has 0 saturated carbocycles. The van der Waals surface area contributed by atoms with Gasteiger partial charge in [-0.15, -0.1) is 0 Å². The van der Waals surface area contributed by atoms with E-state index in [4.69, 9.17) is 5.11 Å². The third-order valence-corrected chi connectivity index (χ3v) is 3.47. The lowest BCUT2D eigenvalue weighted by atomic mass is 9.98. The van der Waals surface area contributed by atoms with Crippen LogP contribution in [0.2, 0.25) is 0 Å². The standard InChI is InChI=1S/C15H10N2O3/c16-7-12-11-6-5-9-3-1-2-4-10(9)14(11)15(20)17(12)8-13(18)19/h1-6,12H,8H2,(H,18,19). The van der Waals surface area contributed by atoms with Crippen molar-refractivity contribution in [2.75, 3.05) is 6.54 Å². The Morgan fingerprint density at radius 2 is 2.05 bits per heavy atom. The van der Waals surface area contributed by atoms with Crippen LogP contribution in [0, 0.1) is 11.3 Å². The molecule has 1 N–H and O–H groups in total. The summed E-state index contributed by atoms with van der Waals surface area (Å²) in [4.78, 5) is 24.4. The summed E-state index contributed by atoms with van der Waals surface area (Å²) in [5.41, 5.74) is 1.02. The molecule has 5 nitrogen and oxygen atoms in total. The molecular formula is C15H10N2O3. The zero-order valence-corrected chi connectivity index (χ0v) is 10.4. The normalized spacial score (nSPS) is 17.1. The molecule has 0 saturated heterocycles. The van der Waals surface area contributed by atoms with E-state index in [0.717, 1.165) is 15.7 Å². The fraction of sp³-hybridized carbons (Fsp3) is 0.133. The first-order valence-electron chi connectivity index (χ1n) is 6.07. The Hall–Kier alpha value is -2.87. The highest BCUT2D eigenvalue weighted by molar-refractivity contribution is 6.11. The Labute approximate surface area is 114 Å². The third kappa shape index (κ3) is 1.62. The fourth-order valence-electron chi connectivity index (χ4n) is 2.63. The Balaban J connectivity index is 2.23. The van der Waals surface area contributed by atoms with Gasteiger partial charge in [0, 0.05) is 5.56 Å². The molecule has 0 radical (unpaired) electrons. The molecule has 1 amide bonds. The summed E-state index contributed by atoms with van der Waals surface area (Å²) >= 11 is 0. The molecular weight excluding hydrogens is 256 g/mol. The summed E-state index contributed by atoms with van der Waals surface area (Å²) < 4.78 is 0. The zero-order chi connectivity index (χ0) is 14.3. The predicted octanol–water partition coefficient (Wildman–Crippen LogP) is 1.94. The molecule has 0 spiro atoms. The zero-order valence-electron chi connectivity index (χ0n) is 10.4. The number of nitriles is 1. The minimum Gasteiger partial charge on any atom is -0.480 e. The van der Waals surface area contributed by atoms with Crippen molar-refractivity contribution < 1.29 is 14.7 Å². The molecule has 1 aliphatic rings. The molecule has 0 aromatic heterocycles. The number of amides is 1. The van der Waals surface area contributed by atoms with Crippen LogP contribution in [-0.4, -0.2) is 28.4 Å². The number of aliphatic carboxylic acids is 1.